The highest BCUT2D eigenvalue weighted by molar-refractivity contribution is 5.73. The van der Waals surface area contributed by atoms with E-state index in [0.29, 0.717) is 18.4 Å². The average Bonchev–Trinajstić information content (AvgIpc) is 2.39. The SMILES string of the molecule is CCCC(=O)OC(OC(=O)C(C)C)c1ccccc1. The van der Waals surface area contributed by atoms with E-state index in [1.54, 1.807) is 38.1 Å². The van der Waals surface area contributed by atoms with Gasteiger partial charge >= 0.3 is 11.9 Å². The number of hydrogen-bond acceptors (Lipinski definition) is 4. The summed E-state index contributed by atoms with van der Waals surface area (Å²) >= 11 is 0. The maximum absolute atomic E-state index is 11.7. The molecule has 1 aromatic carbocycles. The van der Waals surface area contributed by atoms with Crippen molar-refractivity contribution in [3.05, 3.63) is 35.9 Å². The van der Waals surface area contributed by atoms with Gasteiger partial charge in [0.1, 0.15) is 0 Å². The van der Waals surface area contributed by atoms with Crippen LogP contribution in [0.25, 0.3) is 0 Å². The summed E-state index contributed by atoms with van der Waals surface area (Å²) in [5.41, 5.74) is 0.654. The third-order valence-corrected chi connectivity index (χ3v) is 2.46. The molecular formula is C15H20O4. The minimum atomic E-state index is -0.963. The van der Waals surface area contributed by atoms with E-state index in [9.17, 15) is 9.59 Å². The lowest BCUT2D eigenvalue weighted by Crippen LogP contribution is -2.20. The maximum atomic E-state index is 11.7. The van der Waals surface area contributed by atoms with Crippen molar-refractivity contribution in [1.29, 1.82) is 0 Å². The first-order valence-electron chi connectivity index (χ1n) is 6.49. The molecule has 0 fully saturated rings. The van der Waals surface area contributed by atoms with Gasteiger partial charge in [0.2, 0.25) is 0 Å². The van der Waals surface area contributed by atoms with Crippen molar-refractivity contribution >= 4 is 11.9 Å². The molecule has 1 aromatic rings. The number of rotatable bonds is 6. The van der Waals surface area contributed by atoms with E-state index in [0.717, 1.165) is 0 Å². The largest absolute Gasteiger partial charge is 0.421 e. The van der Waals surface area contributed by atoms with E-state index >= 15 is 0 Å². The Labute approximate surface area is 113 Å². The monoisotopic (exact) mass is 264 g/mol. The lowest BCUT2D eigenvalue weighted by Gasteiger charge is -2.19. The standard InChI is InChI=1S/C15H20O4/c1-4-8-13(16)18-15(19-14(17)11(2)3)12-9-6-5-7-10-12/h5-7,9-11,15H,4,8H2,1-3H3. The second-order valence-electron chi connectivity index (χ2n) is 4.57. The van der Waals surface area contributed by atoms with Gasteiger partial charge in [0.25, 0.3) is 6.29 Å². The molecule has 0 spiro atoms. The molecule has 0 saturated heterocycles. The molecule has 1 atom stereocenters. The first-order chi connectivity index (χ1) is 9.04. The highest BCUT2D eigenvalue weighted by atomic mass is 16.7. The van der Waals surface area contributed by atoms with Gasteiger partial charge in [0.05, 0.1) is 5.92 Å². The minimum Gasteiger partial charge on any atom is -0.421 e. The Morgan fingerprint density at radius 2 is 1.74 bits per heavy atom. The van der Waals surface area contributed by atoms with Gasteiger partial charge in [0.15, 0.2) is 0 Å². The van der Waals surface area contributed by atoms with Crippen LogP contribution in [0.2, 0.25) is 0 Å². The van der Waals surface area contributed by atoms with Crippen molar-refractivity contribution in [3.63, 3.8) is 0 Å². The summed E-state index contributed by atoms with van der Waals surface area (Å²) in [4.78, 5) is 23.2. The number of esters is 2. The molecule has 0 radical (unpaired) electrons. The molecule has 1 unspecified atom stereocenters. The Bertz CT molecular complexity index is 411. The molecule has 104 valence electrons. The van der Waals surface area contributed by atoms with Crippen molar-refractivity contribution in [2.75, 3.05) is 0 Å². The molecule has 0 aliphatic rings. The summed E-state index contributed by atoms with van der Waals surface area (Å²) in [6.07, 6.45) is 0.0382. The number of carbonyl (C=O) groups excluding carboxylic acids is 2. The number of benzene rings is 1. The van der Waals surface area contributed by atoms with Crippen LogP contribution in [0.3, 0.4) is 0 Å². The Morgan fingerprint density at radius 3 is 2.26 bits per heavy atom. The first-order valence-corrected chi connectivity index (χ1v) is 6.49. The van der Waals surface area contributed by atoms with Gasteiger partial charge in [-0.2, -0.15) is 0 Å². The highest BCUT2D eigenvalue weighted by Crippen LogP contribution is 2.21. The van der Waals surface area contributed by atoms with Crippen LogP contribution in [0, 0.1) is 5.92 Å². The number of hydrogen-bond donors (Lipinski definition) is 0. The fourth-order valence-electron chi connectivity index (χ4n) is 1.39. The van der Waals surface area contributed by atoms with Gasteiger partial charge in [0, 0.05) is 12.0 Å². The molecule has 0 aliphatic carbocycles. The third kappa shape index (κ3) is 5.12. The second-order valence-corrected chi connectivity index (χ2v) is 4.57. The summed E-state index contributed by atoms with van der Waals surface area (Å²) in [5.74, 6) is -1.03. The predicted molar refractivity (Wildman–Crippen MR) is 71.1 cm³/mol. The summed E-state index contributed by atoms with van der Waals surface area (Å²) in [5, 5.41) is 0. The Morgan fingerprint density at radius 1 is 1.11 bits per heavy atom. The van der Waals surface area contributed by atoms with Crippen molar-refractivity contribution in [2.24, 2.45) is 5.92 Å². The minimum absolute atomic E-state index is 0.268. The Balaban J connectivity index is 2.79. The van der Waals surface area contributed by atoms with Crippen LogP contribution >= 0.6 is 0 Å². The fourth-order valence-corrected chi connectivity index (χ4v) is 1.39. The number of carbonyl (C=O) groups is 2. The lowest BCUT2D eigenvalue weighted by molar-refractivity contribution is -0.192. The summed E-state index contributed by atoms with van der Waals surface area (Å²) in [6, 6.07) is 8.98. The molecule has 4 heteroatoms. The zero-order valence-electron chi connectivity index (χ0n) is 11.6. The van der Waals surface area contributed by atoms with Crippen molar-refractivity contribution in [3.8, 4) is 0 Å². The molecule has 4 nitrogen and oxygen atoms in total. The van der Waals surface area contributed by atoms with E-state index < -0.39 is 12.3 Å². The van der Waals surface area contributed by atoms with E-state index in [1.807, 2.05) is 13.0 Å². The molecule has 0 saturated carbocycles. The summed E-state index contributed by atoms with van der Waals surface area (Å²) in [7, 11) is 0. The topological polar surface area (TPSA) is 52.6 Å². The summed E-state index contributed by atoms with van der Waals surface area (Å²) < 4.78 is 10.4. The highest BCUT2D eigenvalue weighted by Gasteiger charge is 2.22. The normalized spacial score (nSPS) is 12.0. The van der Waals surface area contributed by atoms with Gasteiger partial charge in [-0.1, -0.05) is 51.1 Å². The summed E-state index contributed by atoms with van der Waals surface area (Å²) in [6.45, 7) is 5.36. The van der Waals surface area contributed by atoms with E-state index in [-0.39, 0.29) is 11.9 Å². The van der Waals surface area contributed by atoms with Crippen LogP contribution in [-0.4, -0.2) is 11.9 Å². The zero-order chi connectivity index (χ0) is 14.3. The molecule has 0 N–H and O–H groups in total. The molecule has 0 amide bonds. The predicted octanol–water partition coefficient (Wildman–Crippen LogP) is 3.23. The van der Waals surface area contributed by atoms with Crippen LogP contribution < -0.4 is 0 Å². The fraction of sp³-hybridized carbons (Fsp3) is 0.467. The van der Waals surface area contributed by atoms with Crippen molar-refractivity contribution < 1.29 is 19.1 Å². The molecule has 19 heavy (non-hydrogen) atoms. The Hall–Kier alpha value is -1.84. The van der Waals surface area contributed by atoms with Crippen LogP contribution in [0.4, 0.5) is 0 Å². The quantitative estimate of drug-likeness (QED) is 0.584. The smallest absolute Gasteiger partial charge is 0.311 e. The van der Waals surface area contributed by atoms with Gasteiger partial charge in [-0.05, 0) is 6.42 Å². The van der Waals surface area contributed by atoms with Crippen LogP contribution in [0.15, 0.2) is 30.3 Å². The molecule has 1 rings (SSSR count). The van der Waals surface area contributed by atoms with Crippen molar-refractivity contribution in [1.82, 2.24) is 0 Å². The molecule has 0 aromatic heterocycles. The van der Waals surface area contributed by atoms with Crippen LogP contribution in [0.5, 0.6) is 0 Å². The van der Waals surface area contributed by atoms with Gasteiger partial charge in [-0.15, -0.1) is 0 Å². The van der Waals surface area contributed by atoms with Crippen molar-refractivity contribution in [2.45, 2.75) is 39.9 Å². The lowest BCUT2D eigenvalue weighted by atomic mass is 10.2. The van der Waals surface area contributed by atoms with Crippen LogP contribution in [0.1, 0.15) is 45.5 Å². The van der Waals surface area contributed by atoms with E-state index in [2.05, 4.69) is 0 Å². The third-order valence-electron chi connectivity index (χ3n) is 2.46. The molecule has 0 heterocycles. The molecule has 0 bridgehead atoms. The van der Waals surface area contributed by atoms with Gasteiger partial charge in [-0.25, -0.2) is 0 Å². The second kappa shape index (κ2) is 7.56. The van der Waals surface area contributed by atoms with E-state index in [1.165, 1.54) is 0 Å². The molecule has 0 aliphatic heterocycles. The van der Waals surface area contributed by atoms with Gasteiger partial charge in [-0.3, -0.25) is 9.59 Å². The maximum Gasteiger partial charge on any atom is 0.311 e. The number of ether oxygens (including phenoxy) is 2. The van der Waals surface area contributed by atoms with Gasteiger partial charge < -0.3 is 9.47 Å². The molecular weight excluding hydrogens is 244 g/mol. The average molecular weight is 264 g/mol. The zero-order valence-corrected chi connectivity index (χ0v) is 11.6. The Kier molecular flexibility index (Phi) is 6.06. The first kappa shape index (κ1) is 15.2. The van der Waals surface area contributed by atoms with Crippen LogP contribution in [-0.2, 0) is 19.1 Å². The van der Waals surface area contributed by atoms with E-state index in [4.69, 9.17) is 9.47 Å².